The second-order valence-corrected chi connectivity index (χ2v) is 8.94. The smallest absolute Gasteiger partial charge is 0.251 e. The number of aryl methyl sites for hydroxylation is 1. The Morgan fingerprint density at radius 2 is 2.00 bits per heavy atom. The van der Waals surface area contributed by atoms with E-state index in [2.05, 4.69) is 27.9 Å². The van der Waals surface area contributed by atoms with E-state index in [-0.39, 0.29) is 11.9 Å². The van der Waals surface area contributed by atoms with E-state index in [9.17, 15) is 4.79 Å². The molecule has 4 rings (SSSR count). The number of imidazole rings is 1. The molecule has 0 saturated carbocycles. The lowest BCUT2D eigenvalue weighted by Crippen LogP contribution is -2.27. The number of hydrogen-bond donors (Lipinski definition) is 1. The van der Waals surface area contributed by atoms with Gasteiger partial charge in [0.05, 0.1) is 27.1 Å². The molecule has 1 unspecified atom stereocenters. The fourth-order valence-electron chi connectivity index (χ4n) is 3.52. The Kier molecular flexibility index (Phi) is 6.14. The average molecular weight is 458 g/mol. The summed E-state index contributed by atoms with van der Waals surface area (Å²) in [5, 5.41) is 6.23. The molecular weight excluding hydrogens is 437 g/mol. The summed E-state index contributed by atoms with van der Waals surface area (Å²) in [5.41, 5.74) is 3.41. The Morgan fingerprint density at radius 3 is 2.70 bits per heavy atom. The minimum atomic E-state index is -0.0890. The quantitative estimate of drug-likeness (QED) is 0.352. The second kappa shape index (κ2) is 8.80. The average Bonchev–Trinajstić information content (AvgIpc) is 3.37. The van der Waals surface area contributed by atoms with Crippen LogP contribution in [-0.4, -0.2) is 15.5 Å². The van der Waals surface area contributed by atoms with Crippen LogP contribution < -0.4 is 5.32 Å². The molecule has 0 spiro atoms. The summed E-state index contributed by atoms with van der Waals surface area (Å²) in [6.45, 7) is 4.66. The highest BCUT2D eigenvalue weighted by Crippen LogP contribution is 2.26. The Labute approximate surface area is 189 Å². The van der Waals surface area contributed by atoms with E-state index in [1.807, 2.05) is 48.7 Å². The van der Waals surface area contributed by atoms with Gasteiger partial charge < -0.3 is 9.88 Å². The monoisotopic (exact) mass is 457 g/mol. The molecule has 4 aromatic rings. The number of amides is 1. The van der Waals surface area contributed by atoms with Crippen LogP contribution in [0.25, 0.3) is 11.0 Å². The predicted octanol–water partition coefficient (Wildman–Crippen LogP) is 6.64. The molecule has 0 fully saturated rings. The van der Waals surface area contributed by atoms with Gasteiger partial charge in [0.1, 0.15) is 5.82 Å². The number of rotatable bonds is 6. The van der Waals surface area contributed by atoms with Gasteiger partial charge in [-0.15, -0.1) is 11.3 Å². The predicted molar refractivity (Wildman–Crippen MR) is 125 cm³/mol. The summed E-state index contributed by atoms with van der Waals surface area (Å²) < 4.78 is 2.11. The van der Waals surface area contributed by atoms with Gasteiger partial charge in [-0.3, -0.25) is 4.79 Å². The highest BCUT2D eigenvalue weighted by molar-refractivity contribution is 7.10. The first-order valence-corrected chi connectivity index (χ1v) is 11.3. The molecule has 0 aliphatic carbocycles. The van der Waals surface area contributed by atoms with Crippen molar-refractivity contribution in [3.63, 3.8) is 0 Å². The van der Waals surface area contributed by atoms with E-state index >= 15 is 0 Å². The molecule has 1 atom stereocenters. The van der Waals surface area contributed by atoms with Crippen LogP contribution in [0.5, 0.6) is 0 Å². The number of aromatic nitrogens is 2. The van der Waals surface area contributed by atoms with Crippen molar-refractivity contribution in [3.05, 3.63) is 85.8 Å². The number of thiophene rings is 1. The second-order valence-electron chi connectivity index (χ2n) is 7.15. The molecule has 0 aliphatic heterocycles. The maximum atomic E-state index is 12.8. The van der Waals surface area contributed by atoms with Gasteiger partial charge in [0, 0.05) is 17.0 Å². The van der Waals surface area contributed by atoms with Gasteiger partial charge in [-0.25, -0.2) is 4.98 Å². The van der Waals surface area contributed by atoms with Gasteiger partial charge in [-0.05, 0) is 60.7 Å². The summed E-state index contributed by atoms with van der Waals surface area (Å²) in [6.07, 6.45) is 0.839. The number of benzene rings is 2. The minimum Gasteiger partial charge on any atom is -0.344 e. The van der Waals surface area contributed by atoms with Crippen LogP contribution in [0.1, 0.15) is 46.0 Å². The van der Waals surface area contributed by atoms with Crippen molar-refractivity contribution in [2.24, 2.45) is 0 Å². The molecule has 0 saturated heterocycles. The van der Waals surface area contributed by atoms with Gasteiger partial charge in [0.15, 0.2) is 0 Å². The number of carbonyl (C=O) groups is 1. The minimum absolute atomic E-state index is 0.0159. The zero-order valence-electron chi connectivity index (χ0n) is 16.7. The van der Waals surface area contributed by atoms with Crippen molar-refractivity contribution < 1.29 is 4.79 Å². The van der Waals surface area contributed by atoms with E-state index < -0.39 is 0 Å². The van der Waals surface area contributed by atoms with Crippen molar-refractivity contribution in [3.8, 4) is 0 Å². The largest absolute Gasteiger partial charge is 0.344 e. The molecule has 2 aromatic heterocycles. The van der Waals surface area contributed by atoms with Crippen molar-refractivity contribution in [2.75, 3.05) is 0 Å². The number of hydrogen-bond acceptors (Lipinski definition) is 3. The number of nitrogens with one attached hydrogen (secondary N) is 1. The lowest BCUT2D eigenvalue weighted by molar-refractivity contribution is 0.0936. The third kappa shape index (κ3) is 4.24. The van der Waals surface area contributed by atoms with Crippen molar-refractivity contribution in [1.29, 1.82) is 0 Å². The van der Waals surface area contributed by atoms with Gasteiger partial charge in [0.2, 0.25) is 0 Å². The van der Waals surface area contributed by atoms with Crippen molar-refractivity contribution in [1.82, 2.24) is 14.9 Å². The first kappa shape index (κ1) is 20.9. The van der Waals surface area contributed by atoms with E-state index in [4.69, 9.17) is 23.2 Å². The normalized spacial score (nSPS) is 12.3. The first-order valence-electron chi connectivity index (χ1n) is 9.71. The lowest BCUT2D eigenvalue weighted by Gasteiger charge is -2.15. The van der Waals surface area contributed by atoms with Crippen LogP contribution in [0, 0.1) is 6.92 Å². The Bertz CT molecular complexity index is 1200. The third-order valence-electron chi connectivity index (χ3n) is 5.13. The Morgan fingerprint density at radius 1 is 1.17 bits per heavy atom. The summed E-state index contributed by atoms with van der Waals surface area (Å²) in [7, 11) is 0. The number of nitrogens with zero attached hydrogens (tertiary/aromatic N) is 2. The maximum absolute atomic E-state index is 12.8. The van der Waals surface area contributed by atoms with Gasteiger partial charge in [-0.1, -0.05) is 42.3 Å². The molecule has 154 valence electrons. The van der Waals surface area contributed by atoms with Crippen molar-refractivity contribution in [2.45, 2.75) is 32.9 Å². The van der Waals surface area contributed by atoms with E-state index in [0.29, 0.717) is 22.2 Å². The summed E-state index contributed by atoms with van der Waals surface area (Å²) in [5.74, 6) is 0.785. The molecule has 0 aliphatic rings. The van der Waals surface area contributed by atoms with Crippen molar-refractivity contribution >= 4 is 51.5 Å². The molecule has 2 aromatic carbocycles. The fourth-order valence-corrected chi connectivity index (χ4v) is 4.70. The van der Waals surface area contributed by atoms with Crippen LogP contribution in [0.15, 0.2) is 53.9 Å². The Balaban J connectivity index is 1.59. The summed E-state index contributed by atoms with van der Waals surface area (Å²) in [6, 6.07) is 15.4. The molecule has 2 heterocycles. The Hall–Kier alpha value is -2.34. The first-order chi connectivity index (χ1) is 14.5. The van der Waals surface area contributed by atoms with Crippen LogP contribution in [0.3, 0.4) is 0 Å². The van der Waals surface area contributed by atoms with Crippen LogP contribution in [0.2, 0.25) is 10.0 Å². The van der Waals surface area contributed by atoms with Crippen LogP contribution in [-0.2, 0) is 6.54 Å². The molecule has 0 bridgehead atoms. The number of fused-ring (bicyclic) bond motifs is 1. The topological polar surface area (TPSA) is 46.9 Å². The summed E-state index contributed by atoms with van der Waals surface area (Å²) in [4.78, 5) is 18.7. The van der Waals surface area contributed by atoms with E-state index in [1.165, 1.54) is 0 Å². The lowest BCUT2D eigenvalue weighted by atomic mass is 10.1. The molecule has 7 heteroatoms. The summed E-state index contributed by atoms with van der Waals surface area (Å²) >= 11 is 13.8. The molecule has 4 nitrogen and oxygen atoms in total. The SMILES string of the molecule is CCC(NC(=O)c1ccc2c(c1)nc(C)n2Cc1ccc(Cl)c(Cl)c1)c1cccs1. The van der Waals surface area contributed by atoms with Crippen LogP contribution >= 0.6 is 34.5 Å². The van der Waals surface area contributed by atoms with Gasteiger partial charge in [0.25, 0.3) is 5.91 Å². The highest BCUT2D eigenvalue weighted by Gasteiger charge is 2.17. The van der Waals surface area contributed by atoms with E-state index in [1.54, 1.807) is 17.4 Å². The molecule has 30 heavy (non-hydrogen) atoms. The number of carbonyl (C=O) groups excluding carboxylic acids is 1. The standard InChI is InChI=1S/C23H21Cl2N3OS/c1-3-19(22-5-4-10-30-22)27-23(29)16-7-9-21-20(12-16)26-14(2)28(21)13-15-6-8-17(24)18(25)11-15/h4-12,19H,3,13H2,1-2H3,(H,27,29). The van der Waals surface area contributed by atoms with Gasteiger partial charge in [-0.2, -0.15) is 0 Å². The van der Waals surface area contributed by atoms with E-state index in [0.717, 1.165) is 33.7 Å². The maximum Gasteiger partial charge on any atom is 0.251 e. The molecule has 1 N–H and O–H groups in total. The highest BCUT2D eigenvalue weighted by atomic mass is 35.5. The molecule has 0 radical (unpaired) electrons. The third-order valence-corrected chi connectivity index (χ3v) is 6.85. The van der Waals surface area contributed by atoms with Crippen LogP contribution in [0.4, 0.5) is 0 Å². The number of halogens is 2. The zero-order chi connectivity index (χ0) is 21.3. The van der Waals surface area contributed by atoms with Gasteiger partial charge >= 0.3 is 0 Å². The molecular formula is C23H21Cl2N3OS. The molecule has 1 amide bonds. The zero-order valence-corrected chi connectivity index (χ0v) is 19.0. The fraction of sp³-hybridized carbons (Fsp3) is 0.217.